The van der Waals surface area contributed by atoms with Crippen LogP contribution < -0.4 is 0 Å². The Morgan fingerprint density at radius 1 is 1.10 bits per heavy atom. The quantitative estimate of drug-likeness (QED) is 0.434. The molecule has 0 saturated carbocycles. The lowest BCUT2D eigenvalue weighted by atomic mass is 9.95. The molecule has 3 rings (SSSR count). The second-order valence-electron chi connectivity index (χ2n) is 7.33. The van der Waals surface area contributed by atoms with E-state index in [1.807, 2.05) is 43.3 Å². The van der Waals surface area contributed by atoms with Crippen LogP contribution in [0, 0.1) is 5.92 Å². The fourth-order valence-corrected chi connectivity index (χ4v) is 3.20. The van der Waals surface area contributed by atoms with E-state index in [1.54, 1.807) is 0 Å². The van der Waals surface area contributed by atoms with Gasteiger partial charge in [0.25, 0.3) is 0 Å². The minimum atomic E-state index is -0.550. The van der Waals surface area contributed by atoms with Crippen LogP contribution in [0.3, 0.4) is 0 Å². The first kappa shape index (κ1) is 24.2. The maximum atomic E-state index is 11.4. The SMILES string of the molecule is CC1CC(Cc2ccccc2)COCCC(=O)O1.O=C(/C=C/O)OCc1ccccc1. The standard InChI is InChI=1S/C15H20O3.C10H10O3/c1-12-9-14(10-13-5-3-2-4-6-13)11-17-8-7-15(16)18-12;11-7-6-10(12)13-8-9-4-2-1-3-5-9/h2-6,12,14H,7-11H2,1H3;1-7,11H,8H2/b;7-6+. The zero-order valence-electron chi connectivity index (χ0n) is 17.8. The van der Waals surface area contributed by atoms with Crippen molar-refractivity contribution in [3.05, 3.63) is 84.1 Å². The summed E-state index contributed by atoms with van der Waals surface area (Å²) in [5.74, 6) is -0.289. The Balaban J connectivity index is 0.000000233. The lowest BCUT2D eigenvalue weighted by Crippen LogP contribution is -2.20. The number of hydrogen-bond donors (Lipinski definition) is 1. The minimum absolute atomic E-state index is 0.0205. The van der Waals surface area contributed by atoms with E-state index in [2.05, 4.69) is 24.3 Å². The number of benzene rings is 2. The predicted octanol–water partition coefficient (Wildman–Crippen LogP) is 4.39. The summed E-state index contributed by atoms with van der Waals surface area (Å²) >= 11 is 0. The predicted molar refractivity (Wildman–Crippen MR) is 117 cm³/mol. The zero-order chi connectivity index (χ0) is 22.3. The van der Waals surface area contributed by atoms with Crippen LogP contribution in [0.15, 0.2) is 73.0 Å². The van der Waals surface area contributed by atoms with Crippen molar-refractivity contribution in [3.63, 3.8) is 0 Å². The smallest absolute Gasteiger partial charge is 0.334 e. The van der Waals surface area contributed by atoms with Gasteiger partial charge < -0.3 is 19.3 Å². The summed E-state index contributed by atoms with van der Waals surface area (Å²) in [7, 11) is 0. The summed E-state index contributed by atoms with van der Waals surface area (Å²) < 4.78 is 15.7. The molecule has 1 aliphatic heterocycles. The summed E-state index contributed by atoms with van der Waals surface area (Å²) in [6, 6.07) is 19.7. The van der Waals surface area contributed by atoms with Crippen molar-refractivity contribution in [2.45, 2.75) is 38.9 Å². The first-order valence-corrected chi connectivity index (χ1v) is 10.4. The van der Waals surface area contributed by atoms with Crippen molar-refractivity contribution in [1.82, 2.24) is 0 Å². The van der Waals surface area contributed by atoms with E-state index in [4.69, 9.17) is 19.3 Å². The second kappa shape index (κ2) is 14.0. The molecule has 6 nitrogen and oxygen atoms in total. The molecule has 2 atom stereocenters. The fourth-order valence-electron chi connectivity index (χ4n) is 3.20. The number of esters is 2. The third kappa shape index (κ3) is 10.5. The number of aliphatic hydroxyl groups is 1. The molecule has 1 heterocycles. The van der Waals surface area contributed by atoms with Crippen LogP contribution >= 0.6 is 0 Å². The molecule has 1 N–H and O–H groups in total. The van der Waals surface area contributed by atoms with Crippen molar-refractivity contribution < 1.29 is 28.9 Å². The third-order valence-corrected chi connectivity index (χ3v) is 4.60. The number of hydrogen-bond acceptors (Lipinski definition) is 6. The van der Waals surface area contributed by atoms with Crippen LogP contribution in [0.5, 0.6) is 0 Å². The van der Waals surface area contributed by atoms with E-state index in [9.17, 15) is 9.59 Å². The summed E-state index contributed by atoms with van der Waals surface area (Å²) in [4.78, 5) is 22.1. The van der Waals surface area contributed by atoms with Crippen molar-refractivity contribution in [2.75, 3.05) is 13.2 Å². The van der Waals surface area contributed by atoms with Gasteiger partial charge in [0.2, 0.25) is 0 Å². The number of carbonyl (C=O) groups is 2. The van der Waals surface area contributed by atoms with Crippen molar-refractivity contribution in [3.8, 4) is 0 Å². The monoisotopic (exact) mass is 426 g/mol. The highest BCUT2D eigenvalue weighted by molar-refractivity contribution is 5.81. The summed E-state index contributed by atoms with van der Waals surface area (Å²) in [5, 5.41) is 8.25. The molecule has 1 fully saturated rings. The number of carbonyl (C=O) groups excluding carboxylic acids is 2. The Labute approximate surface area is 183 Å². The average molecular weight is 427 g/mol. The Bertz CT molecular complexity index is 803. The van der Waals surface area contributed by atoms with Gasteiger partial charge in [-0.05, 0) is 36.8 Å². The minimum Gasteiger partial charge on any atom is -0.515 e. The largest absolute Gasteiger partial charge is 0.515 e. The van der Waals surface area contributed by atoms with E-state index in [-0.39, 0.29) is 18.7 Å². The highest BCUT2D eigenvalue weighted by atomic mass is 16.5. The Morgan fingerprint density at radius 3 is 2.39 bits per heavy atom. The van der Waals surface area contributed by atoms with E-state index in [0.717, 1.165) is 24.5 Å². The molecule has 0 aromatic heterocycles. The maximum absolute atomic E-state index is 11.4. The van der Waals surface area contributed by atoms with E-state index in [1.165, 1.54) is 5.56 Å². The first-order valence-electron chi connectivity index (χ1n) is 10.4. The number of cyclic esters (lactones) is 1. The van der Waals surface area contributed by atoms with Crippen LogP contribution in [0.2, 0.25) is 0 Å². The molecule has 6 heteroatoms. The van der Waals surface area contributed by atoms with Gasteiger partial charge in [0.1, 0.15) is 6.61 Å². The topological polar surface area (TPSA) is 82.1 Å². The Hall–Kier alpha value is -3.12. The number of rotatable bonds is 5. The molecule has 0 bridgehead atoms. The van der Waals surface area contributed by atoms with Crippen LogP contribution in [0.4, 0.5) is 0 Å². The zero-order valence-corrected chi connectivity index (χ0v) is 17.8. The molecule has 2 aromatic rings. The van der Waals surface area contributed by atoms with Crippen LogP contribution in [-0.4, -0.2) is 36.4 Å². The molecule has 31 heavy (non-hydrogen) atoms. The van der Waals surface area contributed by atoms with Gasteiger partial charge in [-0.15, -0.1) is 0 Å². The van der Waals surface area contributed by atoms with Gasteiger partial charge in [-0.1, -0.05) is 60.7 Å². The van der Waals surface area contributed by atoms with Gasteiger partial charge >= 0.3 is 11.9 Å². The van der Waals surface area contributed by atoms with Crippen molar-refractivity contribution in [2.24, 2.45) is 5.92 Å². The van der Waals surface area contributed by atoms with Crippen LogP contribution in [0.1, 0.15) is 30.9 Å². The van der Waals surface area contributed by atoms with Crippen LogP contribution in [-0.2, 0) is 36.8 Å². The van der Waals surface area contributed by atoms with E-state index < -0.39 is 5.97 Å². The number of aliphatic hydroxyl groups excluding tert-OH is 1. The van der Waals surface area contributed by atoms with Gasteiger partial charge in [0.15, 0.2) is 0 Å². The molecule has 0 spiro atoms. The lowest BCUT2D eigenvalue weighted by molar-refractivity contribution is -0.149. The molecule has 166 valence electrons. The summed E-state index contributed by atoms with van der Waals surface area (Å²) in [6.07, 6.45) is 3.80. The Morgan fingerprint density at radius 2 is 1.74 bits per heavy atom. The van der Waals surface area contributed by atoms with Gasteiger partial charge in [-0.25, -0.2) is 4.79 Å². The lowest BCUT2D eigenvalue weighted by Gasteiger charge is -2.19. The van der Waals surface area contributed by atoms with E-state index in [0.29, 0.717) is 31.8 Å². The third-order valence-electron chi connectivity index (χ3n) is 4.60. The average Bonchev–Trinajstić information content (AvgIpc) is 2.84. The van der Waals surface area contributed by atoms with Gasteiger partial charge in [-0.2, -0.15) is 0 Å². The Kier molecular flexibility index (Phi) is 10.9. The van der Waals surface area contributed by atoms with Gasteiger partial charge in [0, 0.05) is 6.61 Å². The van der Waals surface area contributed by atoms with Gasteiger partial charge in [-0.3, -0.25) is 4.79 Å². The van der Waals surface area contributed by atoms with Crippen molar-refractivity contribution in [1.29, 1.82) is 0 Å². The molecule has 1 aliphatic rings. The van der Waals surface area contributed by atoms with E-state index >= 15 is 0 Å². The van der Waals surface area contributed by atoms with Crippen LogP contribution in [0.25, 0.3) is 0 Å². The molecule has 0 amide bonds. The molecule has 1 saturated heterocycles. The molecule has 2 aromatic carbocycles. The molecular formula is C25H30O6. The normalized spacial score (nSPS) is 19.2. The first-order chi connectivity index (χ1) is 15.1. The molecule has 0 aliphatic carbocycles. The molecular weight excluding hydrogens is 396 g/mol. The van der Waals surface area contributed by atoms with Gasteiger partial charge in [0.05, 0.1) is 31.5 Å². The molecule has 2 unspecified atom stereocenters. The van der Waals surface area contributed by atoms with Crippen molar-refractivity contribution >= 4 is 11.9 Å². The highest BCUT2D eigenvalue weighted by Gasteiger charge is 2.19. The summed E-state index contributed by atoms with van der Waals surface area (Å²) in [5.41, 5.74) is 2.23. The number of ether oxygens (including phenoxy) is 3. The highest BCUT2D eigenvalue weighted by Crippen LogP contribution is 2.18. The summed E-state index contributed by atoms with van der Waals surface area (Å²) in [6.45, 7) is 3.36. The fraction of sp³-hybridized carbons (Fsp3) is 0.360. The second-order valence-corrected chi connectivity index (χ2v) is 7.33. The molecule has 0 radical (unpaired) electrons. The maximum Gasteiger partial charge on any atom is 0.334 e.